The highest BCUT2D eigenvalue weighted by molar-refractivity contribution is 5.36. The number of nitrogens with zero attached hydrogens (tertiary/aromatic N) is 5. The molecule has 0 amide bonds. The van der Waals surface area contributed by atoms with Gasteiger partial charge in [0, 0.05) is 18.9 Å². The number of anilines is 1. The maximum atomic E-state index is 5.65. The fourth-order valence-corrected chi connectivity index (χ4v) is 3.10. The molecule has 1 fully saturated rings. The summed E-state index contributed by atoms with van der Waals surface area (Å²) >= 11 is 0. The van der Waals surface area contributed by atoms with Crippen molar-refractivity contribution >= 4 is 5.82 Å². The van der Waals surface area contributed by atoms with E-state index < -0.39 is 0 Å². The number of rotatable bonds is 6. The minimum absolute atomic E-state index is 0.206. The molecule has 1 N–H and O–H groups in total. The molecule has 1 saturated heterocycles. The Morgan fingerprint density at radius 2 is 2.12 bits per heavy atom. The molecule has 4 rings (SSSR count). The fourth-order valence-electron chi connectivity index (χ4n) is 3.10. The third-order valence-corrected chi connectivity index (χ3v) is 4.29. The van der Waals surface area contributed by atoms with Crippen molar-refractivity contribution in [2.75, 3.05) is 25.0 Å². The summed E-state index contributed by atoms with van der Waals surface area (Å²) in [6.07, 6.45) is 11.2. The molecule has 0 aromatic carbocycles. The Balaban J connectivity index is 1.49. The van der Waals surface area contributed by atoms with E-state index in [1.54, 1.807) is 29.5 Å². The number of hydrogen-bond donors (Lipinski definition) is 1. The SMILES string of the molecule is c1coc(C(CNc2cncc(-n3cccn3)n2)N2CCCC2)c1. The number of furan rings is 1. The summed E-state index contributed by atoms with van der Waals surface area (Å²) < 4.78 is 7.34. The predicted molar refractivity (Wildman–Crippen MR) is 89.9 cm³/mol. The minimum Gasteiger partial charge on any atom is -0.468 e. The topological polar surface area (TPSA) is 72.0 Å². The van der Waals surface area contributed by atoms with Gasteiger partial charge in [0.05, 0.1) is 24.7 Å². The van der Waals surface area contributed by atoms with Gasteiger partial charge in [-0.3, -0.25) is 9.88 Å². The van der Waals surface area contributed by atoms with Crippen molar-refractivity contribution in [2.24, 2.45) is 0 Å². The lowest BCUT2D eigenvalue weighted by Gasteiger charge is -2.26. The number of aromatic nitrogens is 4. The standard InChI is InChI=1S/C17H20N6O/c1-2-8-22(7-1)14(15-5-3-10-24-15)11-19-16-12-18-13-17(21-16)23-9-4-6-20-23/h3-6,9-10,12-14H,1-2,7-8,11H2,(H,19,21). The normalized spacial score (nSPS) is 16.3. The van der Waals surface area contributed by atoms with E-state index in [0.29, 0.717) is 5.82 Å². The molecule has 7 nitrogen and oxygen atoms in total. The lowest BCUT2D eigenvalue weighted by atomic mass is 10.2. The quantitative estimate of drug-likeness (QED) is 0.751. The van der Waals surface area contributed by atoms with Crippen LogP contribution in [0.25, 0.3) is 5.82 Å². The van der Waals surface area contributed by atoms with E-state index in [-0.39, 0.29) is 6.04 Å². The predicted octanol–water partition coefficient (Wildman–Crippen LogP) is 2.50. The van der Waals surface area contributed by atoms with Crippen molar-refractivity contribution in [3.63, 3.8) is 0 Å². The molecule has 1 aliphatic heterocycles. The average Bonchev–Trinajstić information content (AvgIpc) is 3.38. The second-order valence-electron chi connectivity index (χ2n) is 5.87. The maximum Gasteiger partial charge on any atom is 0.173 e. The Kier molecular flexibility index (Phi) is 4.24. The van der Waals surface area contributed by atoms with Gasteiger partial charge in [-0.1, -0.05) is 0 Å². The molecule has 1 unspecified atom stereocenters. The van der Waals surface area contributed by atoms with Crippen LogP contribution in [0.2, 0.25) is 0 Å². The van der Waals surface area contributed by atoms with Gasteiger partial charge in [-0.25, -0.2) is 9.67 Å². The van der Waals surface area contributed by atoms with Crippen LogP contribution in [0.1, 0.15) is 24.6 Å². The molecule has 0 aliphatic carbocycles. The first kappa shape index (κ1) is 14.9. The maximum absolute atomic E-state index is 5.65. The molecule has 1 atom stereocenters. The lowest BCUT2D eigenvalue weighted by molar-refractivity contribution is 0.225. The summed E-state index contributed by atoms with van der Waals surface area (Å²) in [6.45, 7) is 2.93. The van der Waals surface area contributed by atoms with Gasteiger partial charge in [0.25, 0.3) is 0 Å². The number of hydrogen-bond acceptors (Lipinski definition) is 6. The van der Waals surface area contributed by atoms with Crippen molar-refractivity contribution in [2.45, 2.75) is 18.9 Å². The molecular formula is C17H20N6O. The second-order valence-corrected chi connectivity index (χ2v) is 5.87. The summed E-state index contributed by atoms with van der Waals surface area (Å²) in [7, 11) is 0. The van der Waals surface area contributed by atoms with Gasteiger partial charge < -0.3 is 9.73 Å². The van der Waals surface area contributed by atoms with Crippen molar-refractivity contribution in [1.82, 2.24) is 24.6 Å². The third kappa shape index (κ3) is 3.16. The highest BCUT2D eigenvalue weighted by Gasteiger charge is 2.25. The van der Waals surface area contributed by atoms with Crippen molar-refractivity contribution in [3.8, 4) is 5.82 Å². The fraction of sp³-hybridized carbons (Fsp3) is 0.353. The van der Waals surface area contributed by atoms with Gasteiger partial charge in [-0.15, -0.1) is 0 Å². The molecular weight excluding hydrogens is 304 g/mol. The Hall–Kier alpha value is -2.67. The highest BCUT2D eigenvalue weighted by atomic mass is 16.3. The second kappa shape index (κ2) is 6.84. The van der Waals surface area contributed by atoms with E-state index in [9.17, 15) is 0 Å². The smallest absolute Gasteiger partial charge is 0.173 e. The van der Waals surface area contributed by atoms with E-state index >= 15 is 0 Å². The van der Waals surface area contributed by atoms with Crippen LogP contribution in [0.15, 0.2) is 53.7 Å². The van der Waals surface area contributed by atoms with E-state index in [1.165, 1.54) is 12.8 Å². The largest absolute Gasteiger partial charge is 0.468 e. The zero-order chi connectivity index (χ0) is 16.2. The minimum atomic E-state index is 0.206. The van der Waals surface area contributed by atoms with Crippen LogP contribution in [0.4, 0.5) is 5.82 Å². The Morgan fingerprint density at radius 3 is 2.88 bits per heavy atom. The first-order valence-corrected chi connectivity index (χ1v) is 8.23. The van der Waals surface area contributed by atoms with Crippen molar-refractivity contribution in [3.05, 3.63) is 55.0 Å². The summed E-state index contributed by atoms with van der Waals surface area (Å²) in [4.78, 5) is 11.3. The van der Waals surface area contributed by atoms with E-state index in [1.807, 2.05) is 24.4 Å². The van der Waals surface area contributed by atoms with Gasteiger partial charge in [0.1, 0.15) is 11.6 Å². The van der Waals surface area contributed by atoms with Gasteiger partial charge in [-0.2, -0.15) is 5.10 Å². The van der Waals surface area contributed by atoms with Crippen LogP contribution in [0, 0.1) is 0 Å². The van der Waals surface area contributed by atoms with E-state index in [0.717, 1.165) is 31.2 Å². The molecule has 3 aromatic rings. The summed E-state index contributed by atoms with van der Waals surface area (Å²) in [5, 5.41) is 7.59. The highest BCUT2D eigenvalue weighted by Crippen LogP contribution is 2.25. The summed E-state index contributed by atoms with van der Waals surface area (Å²) in [5.74, 6) is 2.42. The van der Waals surface area contributed by atoms with Crippen molar-refractivity contribution < 1.29 is 4.42 Å². The number of nitrogens with one attached hydrogen (secondary N) is 1. The first-order valence-electron chi connectivity index (χ1n) is 8.23. The molecule has 0 saturated carbocycles. The summed E-state index contributed by atoms with van der Waals surface area (Å²) in [6, 6.07) is 6.05. The Bertz CT molecular complexity index is 749. The van der Waals surface area contributed by atoms with Crippen LogP contribution in [0.5, 0.6) is 0 Å². The molecule has 3 aromatic heterocycles. The molecule has 7 heteroatoms. The van der Waals surface area contributed by atoms with Gasteiger partial charge in [0.15, 0.2) is 5.82 Å². The van der Waals surface area contributed by atoms with Crippen LogP contribution in [-0.4, -0.2) is 44.3 Å². The first-order chi connectivity index (χ1) is 11.9. The zero-order valence-electron chi connectivity index (χ0n) is 13.4. The Labute approximate surface area is 140 Å². The van der Waals surface area contributed by atoms with Crippen LogP contribution in [0.3, 0.4) is 0 Å². The molecule has 1 aliphatic rings. The van der Waals surface area contributed by atoms with Crippen LogP contribution in [-0.2, 0) is 0 Å². The average molecular weight is 324 g/mol. The monoisotopic (exact) mass is 324 g/mol. The Morgan fingerprint density at radius 1 is 1.21 bits per heavy atom. The molecule has 24 heavy (non-hydrogen) atoms. The zero-order valence-corrected chi connectivity index (χ0v) is 13.4. The van der Waals surface area contributed by atoms with Crippen LogP contribution < -0.4 is 5.32 Å². The molecule has 124 valence electrons. The van der Waals surface area contributed by atoms with Crippen LogP contribution >= 0.6 is 0 Å². The van der Waals surface area contributed by atoms with Gasteiger partial charge in [-0.05, 0) is 44.1 Å². The third-order valence-electron chi connectivity index (χ3n) is 4.29. The van der Waals surface area contributed by atoms with E-state index in [4.69, 9.17) is 4.42 Å². The van der Waals surface area contributed by atoms with E-state index in [2.05, 4.69) is 25.3 Å². The molecule has 0 radical (unpaired) electrons. The van der Waals surface area contributed by atoms with Gasteiger partial charge >= 0.3 is 0 Å². The molecule has 4 heterocycles. The molecule has 0 spiro atoms. The van der Waals surface area contributed by atoms with Gasteiger partial charge in [0.2, 0.25) is 0 Å². The summed E-state index contributed by atoms with van der Waals surface area (Å²) in [5.41, 5.74) is 0. The lowest BCUT2D eigenvalue weighted by Crippen LogP contribution is -2.31. The number of likely N-dealkylation sites (tertiary alicyclic amines) is 1. The van der Waals surface area contributed by atoms with Crippen molar-refractivity contribution in [1.29, 1.82) is 0 Å². The molecule has 0 bridgehead atoms.